The molecule has 4 heterocycles. The van der Waals surface area contributed by atoms with E-state index in [1.807, 2.05) is 37.5 Å². The van der Waals surface area contributed by atoms with Crippen LogP contribution < -0.4 is 5.32 Å². The Bertz CT molecular complexity index is 917. The molecule has 4 rings (SSSR count). The molecule has 0 radical (unpaired) electrons. The average Bonchev–Trinajstić information content (AvgIpc) is 3.33. The molecule has 1 aliphatic rings. The number of furan rings is 1. The standard InChI is InChI=1S/C20H22N4OS/c1-13-11-16(14(2)24(13)12-15-7-6-10-25-15)19-18(22-20(26)23(19)3)17-8-4-5-9-21-17/h4-11,18-19H,12H2,1-3H3,(H,22,26)/t18-,19+/m0/s1. The molecule has 134 valence electrons. The molecule has 0 saturated carbocycles. The van der Waals surface area contributed by atoms with Gasteiger partial charge in [-0.25, -0.2) is 0 Å². The van der Waals surface area contributed by atoms with Gasteiger partial charge in [-0.15, -0.1) is 0 Å². The van der Waals surface area contributed by atoms with Gasteiger partial charge >= 0.3 is 0 Å². The van der Waals surface area contributed by atoms with Gasteiger partial charge in [-0.3, -0.25) is 4.98 Å². The third-order valence-electron chi connectivity index (χ3n) is 5.16. The van der Waals surface area contributed by atoms with E-state index in [4.69, 9.17) is 16.6 Å². The first-order chi connectivity index (χ1) is 12.6. The first kappa shape index (κ1) is 16.8. The summed E-state index contributed by atoms with van der Waals surface area (Å²) in [5.41, 5.74) is 4.70. The highest BCUT2D eigenvalue weighted by Crippen LogP contribution is 2.39. The maximum Gasteiger partial charge on any atom is 0.169 e. The SMILES string of the molecule is Cc1cc([C@@H]2[C@H](c3ccccn3)NC(=S)N2C)c(C)n1Cc1ccco1. The van der Waals surface area contributed by atoms with Crippen LogP contribution in [-0.2, 0) is 6.54 Å². The van der Waals surface area contributed by atoms with E-state index in [2.05, 4.69) is 45.7 Å². The van der Waals surface area contributed by atoms with Gasteiger partial charge in [0.05, 0.1) is 30.6 Å². The predicted molar refractivity (Wildman–Crippen MR) is 105 cm³/mol. The molecule has 0 aromatic carbocycles. The minimum atomic E-state index is 0.0336. The van der Waals surface area contributed by atoms with Gasteiger partial charge in [0.2, 0.25) is 0 Å². The zero-order valence-corrected chi connectivity index (χ0v) is 16.0. The number of aryl methyl sites for hydroxylation is 1. The maximum absolute atomic E-state index is 5.54. The van der Waals surface area contributed by atoms with Crippen LogP contribution >= 0.6 is 12.2 Å². The topological polar surface area (TPSA) is 46.2 Å². The summed E-state index contributed by atoms with van der Waals surface area (Å²) in [7, 11) is 2.04. The fourth-order valence-corrected chi connectivity index (χ4v) is 4.02. The lowest BCUT2D eigenvalue weighted by Gasteiger charge is -2.24. The summed E-state index contributed by atoms with van der Waals surface area (Å²) in [6.45, 7) is 5.03. The summed E-state index contributed by atoms with van der Waals surface area (Å²) in [6.07, 6.45) is 3.55. The number of aromatic nitrogens is 2. The number of pyridine rings is 1. The van der Waals surface area contributed by atoms with Crippen LogP contribution in [0.3, 0.4) is 0 Å². The van der Waals surface area contributed by atoms with Crippen LogP contribution in [0.25, 0.3) is 0 Å². The van der Waals surface area contributed by atoms with E-state index in [1.165, 1.54) is 17.0 Å². The quantitative estimate of drug-likeness (QED) is 0.713. The highest BCUT2D eigenvalue weighted by Gasteiger charge is 2.39. The number of likely N-dealkylation sites (N-methyl/N-ethyl adjacent to an activating group) is 1. The van der Waals surface area contributed by atoms with Crippen molar-refractivity contribution in [2.45, 2.75) is 32.5 Å². The lowest BCUT2D eigenvalue weighted by Crippen LogP contribution is -2.25. The normalized spacial score (nSPS) is 19.8. The first-order valence-corrected chi connectivity index (χ1v) is 9.10. The summed E-state index contributed by atoms with van der Waals surface area (Å²) in [4.78, 5) is 6.69. The van der Waals surface area contributed by atoms with Gasteiger partial charge in [-0.2, -0.15) is 0 Å². The van der Waals surface area contributed by atoms with E-state index in [-0.39, 0.29) is 12.1 Å². The van der Waals surface area contributed by atoms with Crippen LogP contribution in [0, 0.1) is 13.8 Å². The smallest absolute Gasteiger partial charge is 0.169 e. The van der Waals surface area contributed by atoms with Gasteiger partial charge in [0.1, 0.15) is 5.76 Å². The summed E-state index contributed by atoms with van der Waals surface area (Å²) in [6, 6.07) is 12.3. The molecule has 0 aliphatic carbocycles. The minimum absolute atomic E-state index is 0.0336. The Hall–Kier alpha value is -2.60. The van der Waals surface area contributed by atoms with Crippen LogP contribution in [0.5, 0.6) is 0 Å². The van der Waals surface area contributed by atoms with E-state index in [0.29, 0.717) is 0 Å². The van der Waals surface area contributed by atoms with E-state index in [0.717, 1.165) is 23.1 Å². The number of nitrogens with zero attached hydrogens (tertiary/aromatic N) is 3. The Balaban J connectivity index is 1.74. The fraction of sp³-hybridized carbons (Fsp3) is 0.300. The van der Waals surface area contributed by atoms with Gasteiger partial charge in [-0.1, -0.05) is 6.07 Å². The van der Waals surface area contributed by atoms with Crippen LogP contribution in [0.15, 0.2) is 53.3 Å². The van der Waals surface area contributed by atoms with Crippen molar-refractivity contribution in [2.24, 2.45) is 0 Å². The second-order valence-electron chi connectivity index (χ2n) is 6.73. The Morgan fingerprint density at radius 3 is 2.77 bits per heavy atom. The second kappa shape index (κ2) is 6.61. The predicted octanol–water partition coefficient (Wildman–Crippen LogP) is 3.74. The van der Waals surface area contributed by atoms with Crippen LogP contribution in [0.4, 0.5) is 0 Å². The van der Waals surface area contributed by atoms with Gasteiger partial charge in [0.25, 0.3) is 0 Å². The van der Waals surface area contributed by atoms with Gasteiger partial charge in [0, 0.05) is 24.6 Å². The molecule has 5 nitrogen and oxygen atoms in total. The van der Waals surface area contributed by atoms with Gasteiger partial charge < -0.3 is 19.2 Å². The molecule has 1 N–H and O–H groups in total. The summed E-state index contributed by atoms with van der Waals surface area (Å²) in [5, 5.41) is 4.19. The van der Waals surface area contributed by atoms with Crippen molar-refractivity contribution in [1.29, 1.82) is 0 Å². The molecule has 1 aliphatic heterocycles. The lowest BCUT2D eigenvalue weighted by atomic mass is 9.97. The number of hydrogen-bond acceptors (Lipinski definition) is 3. The second-order valence-corrected chi connectivity index (χ2v) is 7.12. The molecule has 1 saturated heterocycles. The molecule has 0 bridgehead atoms. The molecule has 1 fully saturated rings. The van der Waals surface area contributed by atoms with Gasteiger partial charge in [0.15, 0.2) is 5.11 Å². The average molecular weight is 366 g/mol. The molecule has 0 unspecified atom stereocenters. The van der Waals surface area contributed by atoms with E-state index in [9.17, 15) is 0 Å². The molecule has 0 amide bonds. The number of nitrogens with one attached hydrogen (secondary N) is 1. The third kappa shape index (κ3) is 2.80. The van der Waals surface area contributed by atoms with Crippen molar-refractivity contribution in [2.75, 3.05) is 7.05 Å². The highest BCUT2D eigenvalue weighted by atomic mass is 32.1. The van der Waals surface area contributed by atoms with Gasteiger partial charge in [-0.05, 0) is 62.0 Å². The Morgan fingerprint density at radius 1 is 1.23 bits per heavy atom. The molecule has 3 aromatic rings. The Morgan fingerprint density at radius 2 is 2.08 bits per heavy atom. The van der Waals surface area contributed by atoms with Crippen molar-refractivity contribution in [1.82, 2.24) is 19.8 Å². The lowest BCUT2D eigenvalue weighted by molar-refractivity contribution is 0.366. The van der Waals surface area contributed by atoms with Crippen LogP contribution in [-0.4, -0.2) is 26.6 Å². The maximum atomic E-state index is 5.54. The van der Waals surface area contributed by atoms with E-state index in [1.54, 1.807) is 6.26 Å². The first-order valence-electron chi connectivity index (χ1n) is 8.69. The zero-order valence-electron chi connectivity index (χ0n) is 15.1. The third-order valence-corrected chi connectivity index (χ3v) is 5.57. The summed E-state index contributed by atoms with van der Waals surface area (Å²) >= 11 is 5.54. The highest BCUT2D eigenvalue weighted by molar-refractivity contribution is 7.80. The van der Waals surface area contributed by atoms with Crippen molar-refractivity contribution < 1.29 is 4.42 Å². The van der Waals surface area contributed by atoms with E-state index < -0.39 is 0 Å². The zero-order chi connectivity index (χ0) is 18.3. The van der Waals surface area contributed by atoms with Crippen molar-refractivity contribution in [3.63, 3.8) is 0 Å². The minimum Gasteiger partial charge on any atom is -0.467 e. The molecule has 0 spiro atoms. The van der Waals surface area contributed by atoms with Crippen molar-refractivity contribution in [3.8, 4) is 0 Å². The number of hydrogen-bond donors (Lipinski definition) is 1. The van der Waals surface area contributed by atoms with Crippen molar-refractivity contribution in [3.05, 3.63) is 77.3 Å². The summed E-state index contributed by atoms with van der Waals surface area (Å²) < 4.78 is 7.83. The molecule has 3 aromatic heterocycles. The fourth-order valence-electron chi connectivity index (χ4n) is 3.78. The number of rotatable bonds is 4. The van der Waals surface area contributed by atoms with Crippen molar-refractivity contribution >= 4 is 17.3 Å². The largest absolute Gasteiger partial charge is 0.467 e. The van der Waals surface area contributed by atoms with Crippen LogP contribution in [0.2, 0.25) is 0 Å². The van der Waals surface area contributed by atoms with Crippen LogP contribution in [0.1, 0.15) is 40.5 Å². The Kier molecular flexibility index (Phi) is 4.28. The Labute approximate surface area is 158 Å². The monoisotopic (exact) mass is 366 g/mol. The molecule has 6 heteroatoms. The number of thiocarbonyl (C=S) groups is 1. The molecular weight excluding hydrogens is 344 g/mol. The summed E-state index contributed by atoms with van der Waals surface area (Å²) in [5.74, 6) is 0.952. The molecule has 26 heavy (non-hydrogen) atoms. The molecule has 2 atom stereocenters. The molecular formula is C20H22N4OS. The van der Waals surface area contributed by atoms with E-state index >= 15 is 0 Å².